The fourth-order valence-electron chi connectivity index (χ4n) is 3.73. The van der Waals surface area contributed by atoms with Gasteiger partial charge in [-0.05, 0) is 49.2 Å². The van der Waals surface area contributed by atoms with Gasteiger partial charge in [-0.3, -0.25) is 14.6 Å². The molecule has 7 heteroatoms. The molecule has 1 saturated heterocycles. The van der Waals surface area contributed by atoms with Gasteiger partial charge < -0.3 is 4.90 Å². The molecule has 0 bridgehead atoms. The quantitative estimate of drug-likeness (QED) is 0.478. The van der Waals surface area contributed by atoms with Crippen molar-refractivity contribution in [2.24, 2.45) is 5.10 Å². The number of piperazine rings is 1. The van der Waals surface area contributed by atoms with Gasteiger partial charge in [-0.1, -0.05) is 35.9 Å². The van der Waals surface area contributed by atoms with Gasteiger partial charge >= 0.3 is 0 Å². The molecule has 2 aromatic carbocycles. The average Bonchev–Trinajstić information content (AvgIpc) is 2.78. The van der Waals surface area contributed by atoms with Crippen molar-refractivity contribution < 1.29 is 4.79 Å². The van der Waals surface area contributed by atoms with E-state index in [2.05, 4.69) is 63.3 Å². The van der Waals surface area contributed by atoms with Crippen LogP contribution in [-0.2, 0) is 11.3 Å². The molecule has 0 aliphatic carbocycles. The van der Waals surface area contributed by atoms with E-state index in [-0.39, 0.29) is 5.91 Å². The van der Waals surface area contributed by atoms with Gasteiger partial charge in [0.05, 0.1) is 12.8 Å². The van der Waals surface area contributed by atoms with E-state index in [1.54, 1.807) is 6.21 Å². The van der Waals surface area contributed by atoms with Crippen LogP contribution in [-0.4, -0.2) is 67.7 Å². The highest BCUT2D eigenvalue weighted by molar-refractivity contribution is 6.30. The van der Waals surface area contributed by atoms with Crippen molar-refractivity contribution in [1.82, 2.24) is 15.2 Å². The van der Waals surface area contributed by atoms with Gasteiger partial charge in [0.25, 0.3) is 5.91 Å². The molecule has 1 aliphatic heterocycles. The van der Waals surface area contributed by atoms with E-state index >= 15 is 0 Å². The van der Waals surface area contributed by atoms with Crippen LogP contribution in [0.2, 0.25) is 5.02 Å². The number of nitrogens with one attached hydrogen (secondary N) is 1. The molecule has 1 N–H and O–H groups in total. The molecule has 0 unspecified atom stereocenters. The largest absolute Gasteiger partial charge is 0.372 e. The van der Waals surface area contributed by atoms with Crippen molar-refractivity contribution >= 4 is 29.4 Å². The van der Waals surface area contributed by atoms with Crippen molar-refractivity contribution in [3.05, 3.63) is 64.7 Å². The summed E-state index contributed by atoms with van der Waals surface area (Å²) in [4.78, 5) is 19.1. The minimum absolute atomic E-state index is 0.0813. The van der Waals surface area contributed by atoms with Gasteiger partial charge in [0.2, 0.25) is 0 Å². The predicted octanol–water partition coefficient (Wildman–Crippen LogP) is 3.45. The first-order valence-electron chi connectivity index (χ1n) is 10.9. The number of benzene rings is 2. The van der Waals surface area contributed by atoms with Crippen LogP contribution in [0.25, 0.3) is 0 Å². The first-order chi connectivity index (χ1) is 15.1. The summed E-state index contributed by atoms with van der Waals surface area (Å²) in [5, 5.41) is 4.88. The van der Waals surface area contributed by atoms with Crippen LogP contribution < -0.4 is 10.3 Å². The van der Waals surface area contributed by atoms with E-state index in [0.717, 1.165) is 56.4 Å². The molecule has 31 heavy (non-hydrogen) atoms. The first kappa shape index (κ1) is 23.3. The van der Waals surface area contributed by atoms with Gasteiger partial charge in [-0.15, -0.1) is 0 Å². The Morgan fingerprint density at radius 1 is 1.00 bits per heavy atom. The maximum atomic E-state index is 12.2. The number of rotatable bonds is 9. The Labute approximate surface area is 190 Å². The minimum atomic E-state index is -0.0813. The lowest BCUT2D eigenvalue weighted by Crippen LogP contribution is -2.48. The Bertz CT molecular complexity index is 841. The number of carbonyl (C=O) groups is 1. The number of carbonyl (C=O) groups excluding carboxylic acids is 1. The van der Waals surface area contributed by atoms with E-state index < -0.39 is 0 Å². The Kier molecular flexibility index (Phi) is 8.88. The lowest BCUT2D eigenvalue weighted by atomic mass is 10.2. The van der Waals surface area contributed by atoms with Crippen LogP contribution >= 0.6 is 11.6 Å². The molecule has 1 aliphatic rings. The van der Waals surface area contributed by atoms with Crippen molar-refractivity contribution in [2.45, 2.75) is 20.4 Å². The van der Waals surface area contributed by atoms with Gasteiger partial charge in [0, 0.05) is 56.5 Å². The van der Waals surface area contributed by atoms with Gasteiger partial charge in [-0.2, -0.15) is 5.10 Å². The van der Waals surface area contributed by atoms with E-state index in [1.807, 2.05) is 24.3 Å². The summed E-state index contributed by atoms with van der Waals surface area (Å²) < 4.78 is 0. The van der Waals surface area contributed by atoms with Crippen LogP contribution in [0.15, 0.2) is 53.6 Å². The molecule has 3 rings (SSSR count). The maximum Gasteiger partial charge on any atom is 0.254 e. The summed E-state index contributed by atoms with van der Waals surface area (Å²) >= 11 is 5.95. The summed E-state index contributed by atoms with van der Waals surface area (Å²) in [6.45, 7) is 11.2. The average molecular weight is 442 g/mol. The summed E-state index contributed by atoms with van der Waals surface area (Å²) in [7, 11) is 0. The number of hydrogen-bond acceptors (Lipinski definition) is 5. The van der Waals surface area contributed by atoms with E-state index in [9.17, 15) is 4.79 Å². The van der Waals surface area contributed by atoms with Gasteiger partial charge in [-0.25, -0.2) is 5.43 Å². The first-order valence-corrected chi connectivity index (χ1v) is 11.3. The second-order valence-electron chi connectivity index (χ2n) is 7.74. The zero-order chi connectivity index (χ0) is 22.1. The summed E-state index contributed by atoms with van der Waals surface area (Å²) in [5.41, 5.74) is 6.07. The molecule has 1 heterocycles. The Morgan fingerprint density at radius 2 is 1.61 bits per heavy atom. The normalized spacial score (nSPS) is 15.3. The lowest BCUT2D eigenvalue weighted by molar-refractivity contribution is -0.122. The van der Waals surface area contributed by atoms with E-state index in [1.165, 1.54) is 11.3 Å². The zero-order valence-electron chi connectivity index (χ0n) is 18.4. The zero-order valence-corrected chi connectivity index (χ0v) is 19.2. The van der Waals surface area contributed by atoms with Crippen LogP contribution in [0.3, 0.4) is 0 Å². The fraction of sp³-hybridized carbons (Fsp3) is 0.417. The fourth-order valence-corrected chi connectivity index (χ4v) is 3.86. The van der Waals surface area contributed by atoms with Crippen LogP contribution in [0, 0.1) is 0 Å². The number of hydrogen-bond donors (Lipinski definition) is 1. The molecule has 6 nitrogen and oxygen atoms in total. The molecule has 0 saturated carbocycles. The van der Waals surface area contributed by atoms with Crippen molar-refractivity contribution in [3.8, 4) is 0 Å². The summed E-state index contributed by atoms with van der Waals surface area (Å²) in [6, 6.07) is 16.2. The van der Waals surface area contributed by atoms with Crippen LogP contribution in [0.4, 0.5) is 5.69 Å². The maximum absolute atomic E-state index is 12.2. The minimum Gasteiger partial charge on any atom is -0.372 e. The molecule has 2 aromatic rings. The number of nitrogens with zero attached hydrogens (tertiary/aromatic N) is 4. The Balaban J connectivity index is 1.38. The highest BCUT2D eigenvalue weighted by Crippen LogP contribution is 2.14. The molecular formula is C24H32ClN5O. The molecule has 0 atom stereocenters. The van der Waals surface area contributed by atoms with Crippen molar-refractivity contribution in [1.29, 1.82) is 0 Å². The van der Waals surface area contributed by atoms with Gasteiger partial charge in [0.1, 0.15) is 0 Å². The highest BCUT2D eigenvalue weighted by atomic mass is 35.5. The van der Waals surface area contributed by atoms with Crippen LogP contribution in [0.1, 0.15) is 25.0 Å². The van der Waals surface area contributed by atoms with Crippen LogP contribution in [0.5, 0.6) is 0 Å². The number of hydrazone groups is 1. The monoisotopic (exact) mass is 441 g/mol. The highest BCUT2D eigenvalue weighted by Gasteiger charge is 2.18. The molecule has 0 radical (unpaired) electrons. The molecule has 1 fully saturated rings. The molecular weight excluding hydrogens is 410 g/mol. The Morgan fingerprint density at radius 3 is 2.23 bits per heavy atom. The summed E-state index contributed by atoms with van der Waals surface area (Å²) in [5.74, 6) is -0.0813. The number of amides is 1. The number of halogens is 1. The topological polar surface area (TPSA) is 51.2 Å². The third kappa shape index (κ3) is 7.35. The van der Waals surface area contributed by atoms with E-state index in [0.29, 0.717) is 6.54 Å². The van der Waals surface area contributed by atoms with Crippen molar-refractivity contribution in [2.75, 3.05) is 50.7 Å². The summed E-state index contributed by atoms with van der Waals surface area (Å²) in [6.07, 6.45) is 1.69. The second kappa shape index (κ2) is 11.8. The lowest BCUT2D eigenvalue weighted by Gasteiger charge is -2.34. The van der Waals surface area contributed by atoms with E-state index in [4.69, 9.17) is 11.6 Å². The Hall–Kier alpha value is -2.41. The third-order valence-electron chi connectivity index (χ3n) is 5.58. The van der Waals surface area contributed by atoms with Crippen molar-refractivity contribution in [3.63, 3.8) is 0 Å². The second-order valence-corrected chi connectivity index (χ2v) is 8.17. The predicted molar refractivity (Wildman–Crippen MR) is 129 cm³/mol. The molecule has 0 aromatic heterocycles. The SMILES string of the molecule is CCN(CC)c1ccc(/C=N/NC(=O)CN2CCN(Cc3ccc(Cl)cc3)CC2)cc1. The molecule has 1 amide bonds. The third-order valence-corrected chi connectivity index (χ3v) is 5.83. The molecule has 166 valence electrons. The van der Waals surface area contributed by atoms with Gasteiger partial charge in [0.15, 0.2) is 0 Å². The number of anilines is 1. The molecule has 0 spiro atoms. The standard InChI is InChI=1S/C24H32ClN5O/c1-3-30(4-2)23-11-7-20(8-12-23)17-26-27-24(31)19-29-15-13-28(14-16-29)18-21-5-9-22(25)10-6-21/h5-12,17H,3-4,13-16,18-19H2,1-2H3,(H,27,31)/b26-17+. The smallest absolute Gasteiger partial charge is 0.254 e.